The zero-order chi connectivity index (χ0) is 12.7. The molecule has 92 valence electrons. The van der Waals surface area contributed by atoms with Crippen LogP contribution in [0.5, 0.6) is 0 Å². The Balaban J connectivity index is 1.87. The van der Waals surface area contributed by atoms with Crippen LogP contribution in [0.1, 0.15) is 18.1 Å². The van der Waals surface area contributed by atoms with E-state index < -0.39 is 5.97 Å². The lowest BCUT2D eigenvalue weighted by molar-refractivity contribution is -0.138. The molecule has 3 nitrogen and oxygen atoms in total. The standard InChI is InChI=1S/C14H11FO3/c15-11-4-2-1-3-8(11)12-5-6-13(18-12)9-7-10(9)14(16)17/h1-6,9-10H,7H2,(H,16,17)/t9-,10+/m0/s1. The Labute approximate surface area is 103 Å². The van der Waals surface area contributed by atoms with Crippen molar-refractivity contribution in [3.63, 3.8) is 0 Å². The van der Waals surface area contributed by atoms with E-state index in [0.29, 0.717) is 23.5 Å². The van der Waals surface area contributed by atoms with Crippen LogP contribution in [-0.4, -0.2) is 11.1 Å². The van der Waals surface area contributed by atoms with Crippen LogP contribution in [0.2, 0.25) is 0 Å². The zero-order valence-electron chi connectivity index (χ0n) is 9.47. The molecule has 0 spiro atoms. The maximum Gasteiger partial charge on any atom is 0.307 e. The predicted octanol–water partition coefficient (Wildman–Crippen LogP) is 3.27. The molecule has 0 bridgehead atoms. The molecule has 0 saturated heterocycles. The third kappa shape index (κ3) is 1.79. The SMILES string of the molecule is O=C(O)[C@@H]1C[C@@H]1c1ccc(-c2ccccc2F)o1. The molecule has 0 aliphatic heterocycles. The minimum Gasteiger partial charge on any atom is -0.481 e. The molecule has 1 aliphatic carbocycles. The van der Waals surface area contributed by atoms with E-state index >= 15 is 0 Å². The Kier molecular flexibility index (Phi) is 2.44. The number of halogens is 1. The summed E-state index contributed by atoms with van der Waals surface area (Å²) >= 11 is 0. The number of hydrogen-bond acceptors (Lipinski definition) is 2. The summed E-state index contributed by atoms with van der Waals surface area (Å²) in [4.78, 5) is 10.8. The van der Waals surface area contributed by atoms with Crippen LogP contribution in [-0.2, 0) is 4.79 Å². The molecule has 2 aromatic rings. The third-order valence-electron chi connectivity index (χ3n) is 3.24. The Morgan fingerprint density at radius 2 is 2.06 bits per heavy atom. The quantitative estimate of drug-likeness (QED) is 0.904. The molecule has 1 aliphatic rings. The van der Waals surface area contributed by atoms with Crippen molar-refractivity contribution < 1.29 is 18.7 Å². The maximum atomic E-state index is 13.6. The Morgan fingerprint density at radius 3 is 2.72 bits per heavy atom. The van der Waals surface area contributed by atoms with E-state index in [4.69, 9.17) is 9.52 Å². The molecule has 1 fully saturated rings. The van der Waals surface area contributed by atoms with Crippen molar-refractivity contribution in [2.75, 3.05) is 0 Å². The van der Waals surface area contributed by atoms with Crippen molar-refractivity contribution in [1.82, 2.24) is 0 Å². The molecule has 2 atom stereocenters. The molecular weight excluding hydrogens is 235 g/mol. The van der Waals surface area contributed by atoms with Crippen LogP contribution >= 0.6 is 0 Å². The lowest BCUT2D eigenvalue weighted by Gasteiger charge is -1.98. The molecule has 18 heavy (non-hydrogen) atoms. The smallest absolute Gasteiger partial charge is 0.307 e. The molecule has 0 unspecified atom stereocenters. The van der Waals surface area contributed by atoms with Crippen LogP contribution in [0, 0.1) is 11.7 Å². The number of benzene rings is 1. The first-order valence-corrected chi connectivity index (χ1v) is 5.74. The lowest BCUT2D eigenvalue weighted by atomic mass is 10.1. The minimum atomic E-state index is -0.802. The summed E-state index contributed by atoms with van der Waals surface area (Å²) in [6.07, 6.45) is 0.597. The maximum absolute atomic E-state index is 13.6. The van der Waals surface area contributed by atoms with Gasteiger partial charge in [-0.15, -0.1) is 0 Å². The molecular formula is C14H11FO3. The molecule has 1 heterocycles. The molecule has 3 rings (SSSR count). The highest BCUT2D eigenvalue weighted by Crippen LogP contribution is 2.48. The molecule has 0 radical (unpaired) electrons. The van der Waals surface area contributed by atoms with E-state index in [2.05, 4.69) is 0 Å². The second-order valence-electron chi connectivity index (χ2n) is 4.47. The van der Waals surface area contributed by atoms with Crippen LogP contribution in [0.15, 0.2) is 40.8 Å². The molecule has 1 aromatic carbocycles. The number of hydrogen-bond donors (Lipinski definition) is 1. The Hall–Kier alpha value is -2.10. The van der Waals surface area contributed by atoms with Crippen molar-refractivity contribution >= 4 is 5.97 Å². The fraction of sp³-hybridized carbons (Fsp3) is 0.214. The topological polar surface area (TPSA) is 50.4 Å². The van der Waals surface area contributed by atoms with Gasteiger partial charge in [-0.2, -0.15) is 0 Å². The summed E-state index contributed by atoms with van der Waals surface area (Å²) < 4.78 is 19.1. The normalized spacial score (nSPS) is 21.8. The van der Waals surface area contributed by atoms with Crippen molar-refractivity contribution in [2.45, 2.75) is 12.3 Å². The van der Waals surface area contributed by atoms with Gasteiger partial charge in [0.1, 0.15) is 17.3 Å². The average molecular weight is 246 g/mol. The number of furan rings is 1. The van der Waals surface area contributed by atoms with E-state index in [1.165, 1.54) is 6.07 Å². The van der Waals surface area contributed by atoms with Gasteiger partial charge >= 0.3 is 5.97 Å². The summed E-state index contributed by atoms with van der Waals surface area (Å²) in [5, 5.41) is 8.85. The first-order valence-electron chi connectivity index (χ1n) is 5.74. The Bertz CT molecular complexity index is 603. The number of carboxylic acid groups (broad SMARTS) is 1. The first kappa shape index (κ1) is 11.0. The van der Waals surface area contributed by atoms with E-state index in [-0.39, 0.29) is 17.7 Å². The first-order chi connectivity index (χ1) is 8.66. The summed E-state index contributed by atoms with van der Waals surface area (Å²) in [7, 11) is 0. The van der Waals surface area contributed by atoms with Crippen LogP contribution in [0.25, 0.3) is 11.3 Å². The molecule has 4 heteroatoms. The summed E-state index contributed by atoms with van der Waals surface area (Å²) in [6, 6.07) is 9.77. The fourth-order valence-corrected chi connectivity index (χ4v) is 2.14. The van der Waals surface area contributed by atoms with Crippen molar-refractivity contribution in [1.29, 1.82) is 0 Å². The van der Waals surface area contributed by atoms with Crippen LogP contribution in [0.4, 0.5) is 4.39 Å². The number of carboxylic acids is 1. The van der Waals surface area contributed by atoms with Gasteiger partial charge in [0.05, 0.1) is 11.5 Å². The van der Waals surface area contributed by atoms with Gasteiger partial charge in [0.25, 0.3) is 0 Å². The number of carbonyl (C=O) groups is 1. The largest absolute Gasteiger partial charge is 0.481 e. The van der Waals surface area contributed by atoms with Crippen molar-refractivity contribution in [3.8, 4) is 11.3 Å². The highest BCUT2D eigenvalue weighted by Gasteiger charge is 2.46. The second-order valence-corrected chi connectivity index (χ2v) is 4.47. The highest BCUT2D eigenvalue weighted by atomic mass is 19.1. The number of aliphatic carboxylic acids is 1. The summed E-state index contributed by atoms with van der Waals surface area (Å²) in [5.41, 5.74) is 0.399. The lowest BCUT2D eigenvalue weighted by Crippen LogP contribution is -1.98. The van der Waals surface area contributed by atoms with Gasteiger partial charge in [0.2, 0.25) is 0 Å². The van der Waals surface area contributed by atoms with Crippen LogP contribution < -0.4 is 0 Å². The van der Waals surface area contributed by atoms with Crippen LogP contribution in [0.3, 0.4) is 0 Å². The number of rotatable bonds is 3. The van der Waals surface area contributed by atoms with E-state index in [1.807, 2.05) is 0 Å². The van der Waals surface area contributed by atoms with Gasteiger partial charge in [0, 0.05) is 5.92 Å². The van der Waals surface area contributed by atoms with Crippen molar-refractivity contribution in [2.24, 2.45) is 5.92 Å². The predicted molar refractivity (Wildman–Crippen MR) is 62.6 cm³/mol. The van der Waals surface area contributed by atoms with Gasteiger partial charge < -0.3 is 9.52 Å². The van der Waals surface area contributed by atoms with E-state index in [1.54, 1.807) is 30.3 Å². The van der Waals surface area contributed by atoms with Gasteiger partial charge in [-0.25, -0.2) is 4.39 Å². The van der Waals surface area contributed by atoms with Crippen molar-refractivity contribution in [3.05, 3.63) is 48.0 Å². The van der Waals surface area contributed by atoms with Gasteiger partial charge in [-0.3, -0.25) is 4.79 Å². The van der Waals surface area contributed by atoms with E-state index in [0.717, 1.165) is 0 Å². The summed E-state index contributed by atoms with van der Waals surface area (Å²) in [5.74, 6) is -0.500. The monoisotopic (exact) mass is 246 g/mol. The van der Waals surface area contributed by atoms with Gasteiger partial charge in [-0.05, 0) is 30.7 Å². The fourth-order valence-electron chi connectivity index (χ4n) is 2.14. The van der Waals surface area contributed by atoms with Gasteiger partial charge in [-0.1, -0.05) is 12.1 Å². The second kappa shape index (κ2) is 3.98. The minimum absolute atomic E-state index is 0.0666. The average Bonchev–Trinajstić information content (AvgIpc) is 3.02. The molecule has 1 saturated carbocycles. The summed E-state index contributed by atoms with van der Waals surface area (Å²) in [6.45, 7) is 0. The zero-order valence-corrected chi connectivity index (χ0v) is 9.47. The molecule has 0 amide bonds. The third-order valence-corrected chi connectivity index (χ3v) is 3.24. The highest BCUT2D eigenvalue weighted by molar-refractivity contribution is 5.75. The molecule has 1 N–H and O–H groups in total. The van der Waals surface area contributed by atoms with E-state index in [9.17, 15) is 9.18 Å². The Morgan fingerprint density at radius 1 is 1.28 bits per heavy atom. The van der Waals surface area contributed by atoms with Gasteiger partial charge in [0.15, 0.2) is 0 Å². The molecule has 1 aromatic heterocycles.